The van der Waals surface area contributed by atoms with Gasteiger partial charge in [0.2, 0.25) is 0 Å². The standard InChI is InChI=1S/C16H28N4S/c1-10(2)14-19-15(17-4)11(3)16(20-14)18-12-7-6-8-13(9-12)21-5/h10,12-13H,6-9H2,1-5H3,(H2,17,18,19,20). The molecule has 2 N–H and O–H groups in total. The Morgan fingerprint density at radius 3 is 2.52 bits per heavy atom. The van der Waals surface area contributed by atoms with Crippen LogP contribution in [0.3, 0.4) is 0 Å². The number of aromatic nitrogens is 2. The second-order valence-electron chi connectivity index (χ2n) is 6.17. The van der Waals surface area contributed by atoms with Gasteiger partial charge in [0.25, 0.3) is 0 Å². The van der Waals surface area contributed by atoms with Gasteiger partial charge in [0.1, 0.15) is 17.5 Å². The SMILES string of the molecule is CNc1nc(C(C)C)nc(NC2CCCC(SC)C2)c1C. The van der Waals surface area contributed by atoms with E-state index in [9.17, 15) is 0 Å². The maximum atomic E-state index is 4.76. The first-order valence-electron chi connectivity index (χ1n) is 7.90. The van der Waals surface area contributed by atoms with Gasteiger partial charge in [0, 0.05) is 29.8 Å². The molecular formula is C16H28N4S. The maximum Gasteiger partial charge on any atom is 0.135 e. The van der Waals surface area contributed by atoms with E-state index in [4.69, 9.17) is 4.98 Å². The number of nitrogens with one attached hydrogen (secondary N) is 2. The highest BCUT2D eigenvalue weighted by Gasteiger charge is 2.23. The Labute approximate surface area is 132 Å². The van der Waals surface area contributed by atoms with E-state index in [0.717, 1.165) is 28.3 Å². The number of rotatable bonds is 5. The fourth-order valence-electron chi connectivity index (χ4n) is 2.86. The lowest BCUT2D eigenvalue weighted by Gasteiger charge is -2.29. The molecule has 2 rings (SSSR count). The molecule has 0 aliphatic heterocycles. The summed E-state index contributed by atoms with van der Waals surface area (Å²) in [5, 5.41) is 7.66. The summed E-state index contributed by atoms with van der Waals surface area (Å²) in [7, 11) is 1.92. The number of hydrogen-bond donors (Lipinski definition) is 2. The van der Waals surface area contributed by atoms with Crippen LogP contribution in [0.1, 0.15) is 56.8 Å². The van der Waals surface area contributed by atoms with Crippen LogP contribution in [0.5, 0.6) is 0 Å². The molecule has 1 saturated carbocycles. The molecule has 1 aliphatic rings. The predicted molar refractivity (Wildman–Crippen MR) is 93.6 cm³/mol. The molecule has 118 valence electrons. The van der Waals surface area contributed by atoms with Crippen LogP contribution in [-0.4, -0.2) is 34.6 Å². The van der Waals surface area contributed by atoms with Gasteiger partial charge in [-0.05, 0) is 32.4 Å². The number of anilines is 2. The van der Waals surface area contributed by atoms with Crippen LogP contribution in [0.25, 0.3) is 0 Å². The Kier molecular flexibility index (Phi) is 5.73. The van der Waals surface area contributed by atoms with E-state index in [0.29, 0.717) is 12.0 Å². The van der Waals surface area contributed by atoms with Gasteiger partial charge in [-0.15, -0.1) is 0 Å². The van der Waals surface area contributed by atoms with Gasteiger partial charge in [0.05, 0.1) is 0 Å². The molecule has 0 amide bonds. The van der Waals surface area contributed by atoms with Crippen molar-refractivity contribution in [3.63, 3.8) is 0 Å². The van der Waals surface area contributed by atoms with Crippen molar-refractivity contribution in [2.75, 3.05) is 23.9 Å². The first-order valence-corrected chi connectivity index (χ1v) is 9.19. The number of nitrogens with zero attached hydrogens (tertiary/aromatic N) is 2. The first kappa shape index (κ1) is 16.4. The largest absolute Gasteiger partial charge is 0.373 e. The third-order valence-corrected chi connectivity index (χ3v) is 5.31. The van der Waals surface area contributed by atoms with E-state index in [1.54, 1.807) is 0 Å². The third-order valence-electron chi connectivity index (χ3n) is 4.22. The molecule has 4 nitrogen and oxygen atoms in total. The third kappa shape index (κ3) is 4.02. The van der Waals surface area contributed by atoms with Crippen LogP contribution >= 0.6 is 11.8 Å². The second-order valence-corrected chi connectivity index (χ2v) is 7.31. The molecule has 1 aliphatic carbocycles. The lowest BCUT2D eigenvalue weighted by Crippen LogP contribution is -2.29. The van der Waals surface area contributed by atoms with Gasteiger partial charge in [-0.2, -0.15) is 11.8 Å². The van der Waals surface area contributed by atoms with Gasteiger partial charge in [-0.1, -0.05) is 20.3 Å². The Bertz CT molecular complexity index is 476. The zero-order valence-corrected chi connectivity index (χ0v) is 14.7. The minimum Gasteiger partial charge on any atom is -0.373 e. The van der Waals surface area contributed by atoms with Gasteiger partial charge < -0.3 is 10.6 Å². The second kappa shape index (κ2) is 7.34. The molecule has 2 atom stereocenters. The monoisotopic (exact) mass is 308 g/mol. The van der Waals surface area contributed by atoms with Crippen LogP contribution in [0, 0.1) is 6.92 Å². The van der Waals surface area contributed by atoms with E-state index in [-0.39, 0.29) is 0 Å². The van der Waals surface area contributed by atoms with Gasteiger partial charge in [0.15, 0.2) is 0 Å². The first-order chi connectivity index (χ1) is 10.0. The quantitative estimate of drug-likeness (QED) is 0.860. The van der Waals surface area contributed by atoms with Crippen molar-refractivity contribution in [2.24, 2.45) is 0 Å². The number of hydrogen-bond acceptors (Lipinski definition) is 5. The lowest BCUT2D eigenvalue weighted by molar-refractivity contribution is 0.472. The minimum absolute atomic E-state index is 0.337. The summed E-state index contributed by atoms with van der Waals surface area (Å²) < 4.78 is 0. The molecule has 1 heterocycles. The Morgan fingerprint density at radius 2 is 1.90 bits per heavy atom. The fourth-order valence-corrected chi connectivity index (χ4v) is 3.69. The Hall–Kier alpha value is -0.970. The summed E-state index contributed by atoms with van der Waals surface area (Å²) in [5.74, 6) is 3.19. The molecule has 1 fully saturated rings. The summed E-state index contributed by atoms with van der Waals surface area (Å²) in [4.78, 5) is 9.37. The molecule has 21 heavy (non-hydrogen) atoms. The van der Waals surface area contributed by atoms with E-state index < -0.39 is 0 Å². The molecule has 2 unspecified atom stereocenters. The summed E-state index contributed by atoms with van der Waals surface area (Å²) in [6, 6.07) is 0.537. The van der Waals surface area contributed by atoms with Crippen LogP contribution in [0.15, 0.2) is 0 Å². The molecular weight excluding hydrogens is 280 g/mol. The van der Waals surface area contributed by atoms with E-state index in [1.807, 2.05) is 18.8 Å². The van der Waals surface area contributed by atoms with Gasteiger partial charge >= 0.3 is 0 Å². The van der Waals surface area contributed by atoms with Crippen molar-refractivity contribution in [1.29, 1.82) is 0 Å². The van der Waals surface area contributed by atoms with Crippen molar-refractivity contribution in [1.82, 2.24) is 9.97 Å². The van der Waals surface area contributed by atoms with Crippen LogP contribution < -0.4 is 10.6 Å². The van der Waals surface area contributed by atoms with E-state index >= 15 is 0 Å². The summed E-state index contributed by atoms with van der Waals surface area (Å²) in [5.41, 5.74) is 1.12. The van der Waals surface area contributed by atoms with Crippen molar-refractivity contribution in [2.45, 2.75) is 63.7 Å². The zero-order valence-electron chi connectivity index (χ0n) is 13.9. The molecule has 0 saturated heterocycles. The average Bonchev–Trinajstić information content (AvgIpc) is 2.49. The van der Waals surface area contributed by atoms with Crippen LogP contribution in [0.2, 0.25) is 0 Å². The molecule has 1 aromatic rings. The minimum atomic E-state index is 0.337. The zero-order chi connectivity index (χ0) is 15.4. The fraction of sp³-hybridized carbons (Fsp3) is 0.750. The Morgan fingerprint density at radius 1 is 1.19 bits per heavy atom. The highest BCUT2D eigenvalue weighted by Crippen LogP contribution is 2.30. The normalized spacial score (nSPS) is 22.4. The molecule has 0 spiro atoms. The van der Waals surface area contributed by atoms with Gasteiger partial charge in [-0.25, -0.2) is 9.97 Å². The van der Waals surface area contributed by atoms with Crippen molar-refractivity contribution < 1.29 is 0 Å². The molecule has 0 radical (unpaired) electrons. The summed E-state index contributed by atoms with van der Waals surface area (Å²) in [6.45, 7) is 6.36. The number of thioether (sulfide) groups is 1. The van der Waals surface area contributed by atoms with Gasteiger partial charge in [-0.3, -0.25) is 0 Å². The average molecular weight is 308 g/mol. The summed E-state index contributed by atoms with van der Waals surface area (Å²) >= 11 is 1.99. The van der Waals surface area contributed by atoms with E-state index in [1.165, 1.54) is 25.7 Å². The molecule has 0 bridgehead atoms. The predicted octanol–water partition coefficient (Wildman–Crippen LogP) is 4.04. The molecule has 1 aromatic heterocycles. The Balaban J connectivity index is 2.20. The summed E-state index contributed by atoms with van der Waals surface area (Å²) in [6.07, 6.45) is 7.35. The van der Waals surface area contributed by atoms with Crippen LogP contribution in [-0.2, 0) is 0 Å². The maximum absolute atomic E-state index is 4.76. The van der Waals surface area contributed by atoms with Crippen LogP contribution in [0.4, 0.5) is 11.6 Å². The van der Waals surface area contributed by atoms with Crippen molar-refractivity contribution in [3.05, 3.63) is 11.4 Å². The van der Waals surface area contributed by atoms with Crippen molar-refractivity contribution >= 4 is 23.4 Å². The highest BCUT2D eigenvalue weighted by atomic mass is 32.2. The topological polar surface area (TPSA) is 49.8 Å². The van der Waals surface area contributed by atoms with Crippen molar-refractivity contribution in [3.8, 4) is 0 Å². The molecule has 0 aromatic carbocycles. The highest BCUT2D eigenvalue weighted by molar-refractivity contribution is 7.99. The smallest absolute Gasteiger partial charge is 0.135 e. The molecule has 5 heteroatoms. The lowest BCUT2D eigenvalue weighted by atomic mass is 9.95. The van der Waals surface area contributed by atoms with E-state index in [2.05, 4.69) is 42.6 Å².